The lowest BCUT2D eigenvalue weighted by Crippen LogP contribution is -2.11. The zero-order valence-corrected chi connectivity index (χ0v) is 8.63. The van der Waals surface area contributed by atoms with Gasteiger partial charge in [0.25, 0.3) is 0 Å². The predicted molar refractivity (Wildman–Crippen MR) is 56.9 cm³/mol. The van der Waals surface area contributed by atoms with Gasteiger partial charge in [-0.3, -0.25) is 0 Å². The van der Waals surface area contributed by atoms with Gasteiger partial charge in [-0.1, -0.05) is 31.9 Å². The predicted octanol–water partition coefficient (Wildman–Crippen LogP) is 1.99. The van der Waals surface area contributed by atoms with Crippen LogP contribution in [0.15, 0.2) is 30.9 Å². The molecule has 1 unspecified atom stereocenters. The molecule has 0 saturated heterocycles. The second-order valence-corrected chi connectivity index (χ2v) is 3.40. The summed E-state index contributed by atoms with van der Waals surface area (Å²) in [6, 6.07) is 0. The number of hydrogen-bond donors (Lipinski definition) is 1. The van der Waals surface area contributed by atoms with Crippen LogP contribution in [0.3, 0.4) is 0 Å². The van der Waals surface area contributed by atoms with E-state index in [0.29, 0.717) is 6.54 Å². The van der Waals surface area contributed by atoms with E-state index in [-0.39, 0.29) is 0 Å². The van der Waals surface area contributed by atoms with Crippen LogP contribution in [0.1, 0.15) is 26.2 Å². The third-order valence-corrected chi connectivity index (χ3v) is 2.04. The van der Waals surface area contributed by atoms with Crippen LogP contribution in [0, 0.1) is 0 Å². The molecule has 0 aliphatic rings. The van der Waals surface area contributed by atoms with Gasteiger partial charge in [0.2, 0.25) is 0 Å². The first-order valence-electron chi connectivity index (χ1n) is 5.13. The van der Waals surface area contributed by atoms with E-state index >= 15 is 0 Å². The molecule has 0 saturated carbocycles. The molecule has 14 heavy (non-hydrogen) atoms. The first-order valence-corrected chi connectivity index (χ1v) is 5.13. The van der Waals surface area contributed by atoms with Gasteiger partial charge in [0, 0.05) is 12.4 Å². The summed E-state index contributed by atoms with van der Waals surface area (Å²) in [6.07, 6.45) is 12.2. The Morgan fingerprint density at radius 2 is 2.43 bits per heavy atom. The summed E-state index contributed by atoms with van der Waals surface area (Å²) in [7, 11) is 0. The van der Waals surface area contributed by atoms with Crippen molar-refractivity contribution in [3.05, 3.63) is 30.9 Å². The molecule has 0 spiro atoms. The highest BCUT2D eigenvalue weighted by molar-refractivity contribution is 4.89. The lowest BCUT2D eigenvalue weighted by molar-refractivity contribution is 0.201. The Morgan fingerprint density at radius 1 is 1.57 bits per heavy atom. The average molecular weight is 194 g/mol. The van der Waals surface area contributed by atoms with E-state index in [9.17, 15) is 5.11 Å². The van der Waals surface area contributed by atoms with Crippen molar-refractivity contribution in [2.45, 2.75) is 38.8 Å². The third kappa shape index (κ3) is 4.23. The van der Waals surface area contributed by atoms with Crippen LogP contribution in [0.4, 0.5) is 0 Å². The Bertz CT molecular complexity index is 254. The number of aromatic nitrogens is 2. The fraction of sp³-hybridized carbons (Fsp3) is 0.545. The first kappa shape index (κ1) is 11.0. The maximum absolute atomic E-state index is 9.58. The van der Waals surface area contributed by atoms with Gasteiger partial charge in [0.15, 0.2) is 0 Å². The molecule has 1 rings (SSSR count). The summed E-state index contributed by atoms with van der Waals surface area (Å²) in [4.78, 5) is 3.91. The fourth-order valence-corrected chi connectivity index (χ4v) is 1.25. The van der Waals surface area contributed by atoms with E-state index in [0.717, 1.165) is 6.42 Å². The van der Waals surface area contributed by atoms with Crippen molar-refractivity contribution < 1.29 is 5.11 Å². The molecule has 0 aliphatic heterocycles. The molecule has 0 amide bonds. The van der Waals surface area contributed by atoms with Crippen LogP contribution in [0.5, 0.6) is 0 Å². The van der Waals surface area contributed by atoms with Gasteiger partial charge < -0.3 is 9.67 Å². The number of unbranched alkanes of at least 4 members (excludes halogenated alkanes) is 2. The molecule has 1 N–H and O–H groups in total. The Morgan fingerprint density at radius 3 is 3.07 bits per heavy atom. The Balaban J connectivity index is 2.22. The van der Waals surface area contributed by atoms with Crippen molar-refractivity contribution in [2.24, 2.45) is 0 Å². The van der Waals surface area contributed by atoms with Crippen LogP contribution in [0.25, 0.3) is 0 Å². The van der Waals surface area contributed by atoms with Crippen molar-refractivity contribution >= 4 is 0 Å². The highest BCUT2D eigenvalue weighted by Crippen LogP contribution is 1.98. The lowest BCUT2D eigenvalue weighted by Gasteiger charge is -2.05. The number of aliphatic hydroxyl groups is 1. The summed E-state index contributed by atoms with van der Waals surface area (Å²) >= 11 is 0. The molecule has 78 valence electrons. The molecule has 1 aromatic rings. The van der Waals surface area contributed by atoms with Crippen molar-refractivity contribution in [3.8, 4) is 0 Å². The minimum Gasteiger partial charge on any atom is -0.387 e. The number of aliphatic hydroxyl groups excluding tert-OH is 1. The molecular formula is C11H18N2O. The van der Waals surface area contributed by atoms with Gasteiger partial charge in [0.05, 0.1) is 19.0 Å². The number of nitrogens with zero attached hydrogens (tertiary/aromatic N) is 2. The van der Waals surface area contributed by atoms with E-state index in [4.69, 9.17) is 0 Å². The van der Waals surface area contributed by atoms with Gasteiger partial charge in [-0.25, -0.2) is 4.98 Å². The second-order valence-electron chi connectivity index (χ2n) is 3.40. The van der Waals surface area contributed by atoms with Crippen LogP contribution in [0.2, 0.25) is 0 Å². The summed E-state index contributed by atoms with van der Waals surface area (Å²) < 4.78 is 1.87. The second kappa shape index (κ2) is 6.38. The number of rotatable bonds is 6. The first-order chi connectivity index (χ1) is 6.83. The standard InChI is InChI=1S/C11H18N2O/c1-2-3-4-5-6-11(14)9-13-8-7-12-10-13/h5-8,10-11,14H,2-4,9H2,1H3. The highest BCUT2D eigenvalue weighted by Gasteiger charge is 1.98. The van der Waals surface area contributed by atoms with Gasteiger partial charge in [-0.15, -0.1) is 0 Å². The maximum atomic E-state index is 9.58. The minimum absolute atomic E-state index is 0.402. The van der Waals surface area contributed by atoms with E-state index in [1.165, 1.54) is 12.8 Å². The van der Waals surface area contributed by atoms with E-state index in [2.05, 4.69) is 11.9 Å². The molecule has 0 bridgehead atoms. The van der Waals surface area contributed by atoms with Crippen LogP contribution >= 0.6 is 0 Å². The summed E-state index contributed by atoms with van der Waals surface area (Å²) in [5.74, 6) is 0. The number of allylic oxidation sites excluding steroid dienone is 1. The molecule has 0 fully saturated rings. The molecule has 1 aromatic heterocycles. The molecule has 0 aliphatic carbocycles. The summed E-state index contributed by atoms with van der Waals surface area (Å²) in [5, 5.41) is 9.58. The third-order valence-electron chi connectivity index (χ3n) is 2.04. The normalized spacial score (nSPS) is 13.6. The Kier molecular flexibility index (Phi) is 5.00. The summed E-state index contributed by atoms with van der Waals surface area (Å²) in [5.41, 5.74) is 0. The van der Waals surface area contributed by atoms with Gasteiger partial charge in [0.1, 0.15) is 0 Å². The van der Waals surface area contributed by atoms with Gasteiger partial charge in [-0.05, 0) is 6.42 Å². The van der Waals surface area contributed by atoms with Gasteiger partial charge >= 0.3 is 0 Å². The Labute approximate surface area is 85.1 Å². The number of hydrogen-bond acceptors (Lipinski definition) is 2. The summed E-state index contributed by atoms with van der Waals surface area (Å²) in [6.45, 7) is 2.75. The average Bonchev–Trinajstić information content (AvgIpc) is 2.65. The molecule has 1 atom stereocenters. The number of imidazole rings is 1. The van der Waals surface area contributed by atoms with Crippen molar-refractivity contribution in [1.29, 1.82) is 0 Å². The van der Waals surface area contributed by atoms with E-state index < -0.39 is 6.10 Å². The van der Waals surface area contributed by atoms with Crippen molar-refractivity contribution in [3.63, 3.8) is 0 Å². The monoisotopic (exact) mass is 194 g/mol. The molecular weight excluding hydrogens is 176 g/mol. The Hall–Kier alpha value is -1.09. The van der Waals surface area contributed by atoms with Crippen molar-refractivity contribution in [1.82, 2.24) is 9.55 Å². The quantitative estimate of drug-likeness (QED) is 0.555. The van der Waals surface area contributed by atoms with Crippen LogP contribution in [-0.2, 0) is 6.54 Å². The molecule has 3 nitrogen and oxygen atoms in total. The largest absolute Gasteiger partial charge is 0.387 e. The van der Waals surface area contributed by atoms with Gasteiger partial charge in [-0.2, -0.15) is 0 Å². The zero-order valence-electron chi connectivity index (χ0n) is 8.63. The molecule has 3 heteroatoms. The highest BCUT2D eigenvalue weighted by atomic mass is 16.3. The topological polar surface area (TPSA) is 38.0 Å². The smallest absolute Gasteiger partial charge is 0.0946 e. The van der Waals surface area contributed by atoms with Crippen molar-refractivity contribution in [2.75, 3.05) is 0 Å². The maximum Gasteiger partial charge on any atom is 0.0946 e. The molecule has 0 radical (unpaired) electrons. The molecule has 0 aromatic carbocycles. The fourth-order valence-electron chi connectivity index (χ4n) is 1.25. The molecule has 1 heterocycles. The van der Waals surface area contributed by atoms with E-state index in [1.807, 2.05) is 22.9 Å². The zero-order chi connectivity index (χ0) is 10.2. The lowest BCUT2D eigenvalue weighted by atomic mass is 10.2. The SMILES string of the molecule is CCCCC=CC(O)Cn1ccnc1. The minimum atomic E-state index is -0.402. The van der Waals surface area contributed by atoms with Crippen LogP contribution < -0.4 is 0 Å². The van der Waals surface area contributed by atoms with Crippen LogP contribution in [-0.4, -0.2) is 20.8 Å². The van der Waals surface area contributed by atoms with E-state index in [1.54, 1.807) is 12.5 Å².